The molecule has 150 valence electrons. The van der Waals surface area contributed by atoms with Crippen LogP contribution in [0.1, 0.15) is 12.5 Å². The third-order valence-electron chi connectivity index (χ3n) is 3.69. The van der Waals surface area contributed by atoms with Crippen molar-refractivity contribution in [1.29, 1.82) is 5.26 Å². The van der Waals surface area contributed by atoms with Gasteiger partial charge < -0.3 is 19.5 Å². The number of esters is 1. The SMILES string of the molecule is COc1cc(/C=C/C(=O)O[C@H](C)C(=O)Nc2ccccc2Cl)ccc1OCC#N. The molecule has 2 rings (SSSR count). The van der Waals surface area contributed by atoms with Crippen molar-refractivity contribution in [2.75, 3.05) is 19.0 Å². The number of nitrogens with one attached hydrogen (secondary N) is 1. The summed E-state index contributed by atoms with van der Waals surface area (Å²) in [5.41, 5.74) is 1.08. The summed E-state index contributed by atoms with van der Waals surface area (Å²) < 4.78 is 15.5. The van der Waals surface area contributed by atoms with Gasteiger partial charge >= 0.3 is 5.97 Å². The smallest absolute Gasteiger partial charge is 0.331 e. The Bertz CT molecular complexity index is 952. The molecule has 8 heteroatoms. The summed E-state index contributed by atoms with van der Waals surface area (Å²) in [6.45, 7) is 1.36. The van der Waals surface area contributed by atoms with Gasteiger partial charge in [-0.15, -0.1) is 0 Å². The van der Waals surface area contributed by atoms with Crippen LogP contribution in [-0.4, -0.2) is 31.7 Å². The van der Waals surface area contributed by atoms with E-state index in [9.17, 15) is 9.59 Å². The highest BCUT2D eigenvalue weighted by molar-refractivity contribution is 6.33. The van der Waals surface area contributed by atoms with Gasteiger partial charge in [-0.3, -0.25) is 4.79 Å². The first-order valence-corrected chi connectivity index (χ1v) is 8.94. The molecule has 0 aliphatic rings. The summed E-state index contributed by atoms with van der Waals surface area (Å²) >= 11 is 5.99. The van der Waals surface area contributed by atoms with Gasteiger partial charge in [0.05, 0.1) is 17.8 Å². The third-order valence-corrected chi connectivity index (χ3v) is 4.02. The summed E-state index contributed by atoms with van der Waals surface area (Å²) in [7, 11) is 1.47. The molecule has 0 aromatic heterocycles. The van der Waals surface area contributed by atoms with Gasteiger partial charge in [-0.2, -0.15) is 5.26 Å². The molecule has 1 amide bonds. The molecule has 1 atom stereocenters. The molecular formula is C21H19ClN2O5. The van der Waals surface area contributed by atoms with Gasteiger partial charge in [0.2, 0.25) is 0 Å². The lowest BCUT2D eigenvalue weighted by atomic mass is 10.2. The highest BCUT2D eigenvalue weighted by Crippen LogP contribution is 2.28. The molecule has 1 N–H and O–H groups in total. The largest absolute Gasteiger partial charge is 0.493 e. The van der Waals surface area contributed by atoms with Crippen molar-refractivity contribution in [3.05, 3.63) is 59.1 Å². The number of anilines is 1. The Morgan fingerprint density at radius 2 is 2.00 bits per heavy atom. The molecule has 0 aliphatic carbocycles. The number of benzene rings is 2. The maximum absolute atomic E-state index is 12.2. The predicted octanol–water partition coefficient (Wildman–Crippen LogP) is 3.83. The van der Waals surface area contributed by atoms with Crippen LogP contribution in [0, 0.1) is 11.3 Å². The molecule has 0 aliphatic heterocycles. The molecule has 0 bridgehead atoms. The monoisotopic (exact) mass is 414 g/mol. The fourth-order valence-electron chi connectivity index (χ4n) is 2.25. The van der Waals surface area contributed by atoms with E-state index in [0.717, 1.165) is 0 Å². The van der Waals surface area contributed by atoms with Gasteiger partial charge in [0.15, 0.2) is 24.2 Å². The number of nitrogens with zero attached hydrogens (tertiary/aromatic N) is 1. The van der Waals surface area contributed by atoms with Crippen molar-refractivity contribution < 1.29 is 23.8 Å². The predicted molar refractivity (Wildman–Crippen MR) is 109 cm³/mol. The van der Waals surface area contributed by atoms with Gasteiger partial charge in [0.25, 0.3) is 5.91 Å². The van der Waals surface area contributed by atoms with Crippen LogP contribution in [-0.2, 0) is 14.3 Å². The Balaban J connectivity index is 1.95. The fraction of sp³-hybridized carbons (Fsp3) is 0.190. The van der Waals surface area contributed by atoms with Gasteiger partial charge in [0, 0.05) is 6.08 Å². The minimum absolute atomic E-state index is 0.105. The molecular weight excluding hydrogens is 396 g/mol. The lowest BCUT2D eigenvalue weighted by Crippen LogP contribution is -2.29. The molecule has 0 heterocycles. The van der Waals surface area contributed by atoms with Crippen molar-refractivity contribution in [3.63, 3.8) is 0 Å². The van der Waals surface area contributed by atoms with Crippen LogP contribution in [0.25, 0.3) is 6.08 Å². The molecule has 0 radical (unpaired) electrons. The minimum Gasteiger partial charge on any atom is -0.493 e. The van der Waals surface area contributed by atoms with Crippen LogP contribution in [0.5, 0.6) is 11.5 Å². The summed E-state index contributed by atoms with van der Waals surface area (Å²) in [6.07, 6.45) is 1.70. The lowest BCUT2D eigenvalue weighted by Gasteiger charge is -2.13. The average molecular weight is 415 g/mol. The number of hydrogen-bond donors (Lipinski definition) is 1. The number of ether oxygens (including phenoxy) is 3. The normalized spacial score (nSPS) is 11.4. The Kier molecular flexibility index (Phi) is 8.07. The number of methoxy groups -OCH3 is 1. The summed E-state index contributed by atoms with van der Waals surface area (Å²) in [5, 5.41) is 11.6. The van der Waals surface area contributed by atoms with E-state index in [1.165, 1.54) is 26.2 Å². The van der Waals surface area contributed by atoms with E-state index in [2.05, 4.69) is 5.32 Å². The van der Waals surface area contributed by atoms with Gasteiger partial charge in [0.1, 0.15) is 6.07 Å². The van der Waals surface area contributed by atoms with Crippen LogP contribution in [0.2, 0.25) is 5.02 Å². The molecule has 0 saturated carbocycles. The van der Waals surface area contributed by atoms with E-state index in [0.29, 0.717) is 27.8 Å². The van der Waals surface area contributed by atoms with E-state index in [1.807, 2.05) is 6.07 Å². The van der Waals surface area contributed by atoms with Crippen LogP contribution in [0.15, 0.2) is 48.5 Å². The number of nitriles is 1. The van der Waals surface area contributed by atoms with E-state index in [-0.39, 0.29) is 6.61 Å². The average Bonchev–Trinajstić information content (AvgIpc) is 2.72. The van der Waals surface area contributed by atoms with Crippen LogP contribution >= 0.6 is 11.6 Å². The Morgan fingerprint density at radius 3 is 2.69 bits per heavy atom. The van der Waals surface area contributed by atoms with E-state index in [1.54, 1.807) is 42.5 Å². The number of hydrogen-bond acceptors (Lipinski definition) is 6. The zero-order chi connectivity index (χ0) is 21.2. The highest BCUT2D eigenvalue weighted by atomic mass is 35.5. The third kappa shape index (κ3) is 6.55. The van der Waals surface area contributed by atoms with E-state index in [4.69, 9.17) is 31.1 Å². The topological polar surface area (TPSA) is 97.7 Å². The zero-order valence-electron chi connectivity index (χ0n) is 15.8. The second kappa shape index (κ2) is 10.7. The number of carbonyl (C=O) groups excluding carboxylic acids is 2. The lowest BCUT2D eigenvalue weighted by molar-refractivity contribution is -0.148. The first-order chi connectivity index (χ1) is 13.9. The Hall–Kier alpha value is -3.50. The second-order valence-corrected chi connectivity index (χ2v) is 6.15. The van der Waals surface area contributed by atoms with Crippen LogP contribution in [0.4, 0.5) is 5.69 Å². The van der Waals surface area contributed by atoms with E-state index < -0.39 is 18.0 Å². The van der Waals surface area contributed by atoms with Crippen LogP contribution in [0.3, 0.4) is 0 Å². The Labute approximate surface area is 173 Å². The zero-order valence-corrected chi connectivity index (χ0v) is 16.6. The molecule has 0 fully saturated rings. The second-order valence-electron chi connectivity index (χ2n) is 5.74. The standard InChI is InChI=1S/C21H19ClN2O5/c1-14(21(26)24-17-6-4-3-5-16(17)22)29-20(25)10-8-15-7-9-18(28-12-11-23)19(13-15)27-2/h3-10,13-14H,12H2,1-2H3,(H,24,26)/b10-8+/t14-/m1/s1. The van der Waals surface area contributed by atoms with Gasteiger partial charge in [-0.25, -0.2) is 4.79 Å². The van der Waals surface area contributed by atoms with Crippen molar-refractivity contribution in [2.45, 2.75) is 13.0 Å². The molecule has 29 heavy (non-hydrogen) atoms. The van der Waals surface area contributed by atoms with Gasteiger partial charge in [-0.1, -0.05) is 29.8 Å². The number of amides is 1. The first kappa shape index (κ1) is 21.8. The number of para-hydroxylation sites is 1. The van der Waals surface area contributed by atoms with Gasteiger partial charge in [-0.05, 0) is 42.8 Å². The number of halogens is 1. The quantitative estimate of drug-likeness (QED) is 0.520. The highest BCUT2D eigenvalue weighted by Gasteiger charge is 2.17. The van der Waals surface area contributed by atoms with Crippen molar-refractivity contribution in [3.8, 4) is 17.6 Å². The minimum atomic E-state index is -1.01. The maximum Gasteiger partial charge on any atom is 0.331 e. The summed E-state index contributed by atoms with van der Waals surface area (Å²) in [4.78, 5) is 24.2. The molecule has 7 nitrogen and oxygen atoms in total. The summed E-state index contributed by atoms with van der Waals surface area (Å²) in [6, 6.07) is 13.6. The number of carbonyl (C=O) groups is 2. The fourth-order valence-corrected chi connectivity index (χ4v) is 2.43. The number of rotatable bonds is 8. The van der Waals surface area contributed by atoms with Crippen LogP contribution < -0.4 is 14.8 Å². The molecule has 0 unspecified atom stereocenters. The van der Waals surface area contributed by atoms with Crippen molar-refractivity contribution in [2.24, 2.45) is 0 Å². The Morgan fingerprint density at radius 1 is 1.24 bits per heavy atom. The first-order valence-electron chi connectivity index (χ1n) is 8.56. The van der Waals surface area contributed by atoms with Crippen molar-refractivity contribution in [1.82, 2.24) is 0 Å². The van der Waals surface area contributed by atoms with Crippen molar-refractivity contribution >= 4 is 35.2 Å². The molecule has 2 aromatic carbocycles. The molecule has 0 saturated heterocycles. The molecule has 0 spiro atoms. The summed E-state index contributed by atoms with van der Waals surface area (Å²) in [5.74, 6) is -0.349. The maximum atomic E-state index is 12.2. The molecule has 2 aromatic rings. The van der Waals surface area contributed by atoms with E-state index >= 15 is 0 Å².